The highest BCUT2D eigenvalue weighted by Gasteiger charge is 2.38. The third-order valence-corrected chi connectivity index (χ3v) is 4.73. The summed E-state index contributed by atoms with van der Waals surface area (Å²) in [4.78, 5) is 13.2. The zero-order chi connectivity index (χ0) is 15.5. The van der Waals surface area contributed by atoms with Crippen molar-refractivity contribution >= 4 is 17.6 Å². The van der Waals surface area contributed by atoms with Gasteiger partial charge in [-0.05, 0) is 32.0 Å². The van der Waals surface area contributed by atoms with Gasteiger partial charge in [0.1, 0.15) is 5.82 Å². The van der Waals surface area contributed by atoms with Gasteiger partial charge in [0.2, 0.25) is 0 Å². The van der Waals surface area contributed by atoms with Crippen LogP contribution in [0.15, 0.2) is 18.2 Å². The first-order valence-corrected chi connectivity index (χ1v) is 7.68. The number of rotatable bonds is 5. The van der Waals surface area contributed by atoms with Crippen molar-refractivity contribution in [2.75, 3.05) is 7.05 Å². The summed E-state index contributed by atoms with van der Waals surface area (Å²) in [7, 11) is 1.89. The number of halogens is 2. The fourth-order valence-corrected chi connectivity index (χ4v) is 3.42. The van der Waals surface area contributed by atoms with Crippen molar-refractivity contribution in [3.05, 3.63) is 34.6 Å². The summed E-state index contributed by atoms with van der Waals surface area (Å²) in [5.74, 6) is -1.13. The Balaban J connectivity index is 2.17. The van der Waals surface area contributed by atoms with Gasteiger partial charge < -0.3 is 5.11 Å². The van der Waals surface area contributed by atoms with Crippen LogP contribution in [0, 0.1) is 5.82 Å². The van der Waals surface area contributed by atoms with Crippen LogP contribution in [0.25, 0.3) is 0 Å². The highest BCUT2D eigenvalue weighted by atomic mass is 35.5. The van der Waals surface area contributed by atoms with Crippen molar-refractivity contribution in [2.45, 2.75) is 50.6 Å². The van der Waals surface area contributed by atoms with E-state index in [9.17, 15) is 14.3 Å². The molecule has 0 atom stereocenters. The Kier molecular flexibility index (Phi) is 5.22. The van der Waals surface area contributed by atoms with Crippen LogP contribution in [-0.4, -0.2) is 28.6 Å². The van der Waals surface area contributed by atoms with Crippen molar-refractivity contribution in [1.82, 2.24) is 4.90 Å². The Morgan fingerprint density at radius 2 is 2.05 bits per heavy atom. The lowest BCUT2D eigenvalue weighted by atomic mass is 9.78. The summed E-state index contributed by atoms with van der Waals surface area (Å²) >= 11 is 5.77. The molecule has 0 radical (unpaired) electrons. The molecule has 1 aliphatic rings. The first-order chi connectivity index (χ1) is 9.93. The Hall–Kier alpha value is -1.13. The minimum Gasteiger partial charge on any atom is -0.481 e. The second-order valence-electron chi connectivity index (χ2n) is 5.95. The summed E-state index contributed by atoms with van der Waals surface area (Å²) in [6, 6.07) is 4.64. The van der Waals surface area contributed by atoms with Crippen LogP contribution < -0.4 is 0 Å². The lowest BCUT2D eigenvalue weighted by Gasteiger charge is -2.44. The van der Waals surface area contributed by atoms with Crippen LogP contribution in [0.5, 0.6) is 0 Å². The molecule has 3 nitrogen and oxygen atoms in total. The largest absolute Gasteiger partial charge is 0.481 e. The quantitative estimate of drug-likeness (QED) is 0.890. The number of carbonyl (C=O) groups is 1. The first kappa shape index (κ1) is 16.2. The standard InChI is InChI=1S/C16H21ClFNO2/c1-19(11-12-5-6-13(17)9-14(12)18)16(10-15(20)21)7-3-2-4-8-16/h5-6,9H,2-4,7-8,10-11H2,1H3,(H,20,21). The van der Waals surface area contributed by atoms with Gasteiger partial charge in [-0.25, -0.2) is 4.39 Å². The number of carboxylic acid groups (broad SMARTS) is 1. The molecule has 0 aromatic heterocycles. The zero-order valence-corrected chi connectivity index (χ0v) is 13.0. The van der Waals surface area contributed by atoms with E-state index in [0.29, 0.717) is 17.1 Å². The molecule has 1 aromatic carbocycles. The number of carboxylic acids is 1. The summed E-state index contributed by atoms with van der Waals surface area (Å²) in [5, 5.41) is 9.59. The predicted octanol–water partition coefficient (Wildman–Crippen LogP) is 4.09. The van der Waals surface area contributed by atoms with E-state index in [-0.39, 0.29) is 17.8 Å². The van der Waals surface area contributed by atoms with Crippen LogP contribution >= 0.6 is 11.6 Å². The molecule has 0 spiro atoms. The van der Waals surface area contributed by atoms with Crippen molar-refractivity contribution in [3.63, 3.8) is 0 Å². The molecule has 1 saturated carbocycles. The fourth-order valence-electron chi connectivity index (χ4n) is 3.26. The highest BCUT2D eigenvalue weighted by molar-refractivity contribution is 6.30. The van der Waals surface area contributed by atoms with E-state index in [0.717, 1.165) is 32.1 Å². The third-order valence-electron chi connectivity index (χ3n) is 4.50. The van der Waals surface area contributed by atoms with Gasteiger partial charge in [0.25, 0.3) is 0 Å². The average molecular weight is 314 g/mol. The van der Waals surface area contributed by atoms with Gasteiger partial charge in [0.05, 0.1) is 6.42 Å². The van der Waals surface area contributed by atoms with E-state index in [1.165, 1.54) is 6.07 Å². The van der Waals surface area contributed by atoms with Gasteiger partial charge in [0.15, 0.2) is 0 Å². The maximum atomic E-state index is 13.9. The number of aliphatic carboxylic acids is 1. The molecule has 0 unspecified atom stereocenters. The number of nitrogens with zero attached hydrogens (tertiary/aromatic N) is 1. The molecule has 0 heterocycles. The fraction of sp³-hybridized carbons (Fsp3) is 0.562. The monoisotopic (exact) mass is 313 g/mol. The van der Waals surface area contributed by atoms with Crippen LogP contribution in [0.2, 0.25) is 5.02 Å². The van der Waals surface area contributed by atoms with E-state index in [2.05, 4.69) is 0 Å². The third kappa shape index (κ3) is 3.95. The van der Waals surface area contributed by atoms with Crippen molar-refractivity contribution in [3.8, 4) is 0 Å². The zero-order valence-electron chi connectivity index (χ0n) is 12.2. The topological polar surface area (TPSA) is 40.5 Å². The van der Waals surface area contributed by atoms with Crippen molar-refractivity contribution < 1.29 is 14.3 Å². The lowest BCUT2D eigenvalue weighted by Crippen LogP contribution is -2.49. The van der Waals surface area contributed by atoms with Crippen molar-refractivity contribution in [1.29, 1.82) is 0 Å². The Morgan fingerprint density at radius 1 is 1.38 bits per heavy atom. The molecule has 0 amide bonds. The highest BCUT2D eigenvalue weighted by Crippen LogP contribution is 2.37. The van der Waals surface area contributed by atoms with Gasteiger partial charge >= 0.3 is 5.97 Å². The Morgan fingerprint density at radius 3 is 2.62 bits per heavy atom. The van der Waals surface area contributed by atoms with E-state index in [4.69, 9.17) is 11.6 Å². The molecule has 1 fully saturated rings. The SMILES string of the molecule is CN(Cc1ccc(Cl)cc1F)C1(CC(=O)O)CCCCC1. The molecular weight excluding hydrogens is 293 g/mol. The van der Waals surface area contributed by atoms with Crippen LogP contribution in [0.1, 0.15) is 44.1 Å². The number of hydrogen-bond acceptors (Lipinski definition) is 2. The molecule has 5 heteroatoms. The minimum absolute atomic E-state index is 0.110. The van der Waals surface area contributed by atoms with Crippen LogP contribution in [0.3, 0.4) is 0 Å². The minimum atomic E-state index is -0.791. The molecule has 0 bridgehead atoms. The Bertz CT molecular complexity index is 515. The number of hydrogen-bond donors (Lipinski definition) is 1. The molecule has 2 rings (SSSR count). The van der Waals surface area contributed by atoms with E-state index >= 15 is 0 Å². The molecule has 1 aromatic rings. The average Bonchev–Trinajstić information content (AvgIpc) is 2.42. The maximum Gasteiger partial charge on any atom is 0.305 e. The molecule has 1 aliphatic carbocycles. The second kappa shape index (κ2) is 6.75. The van der Waals surface area contributed by atoms with Gasteiger partial charge in [-0.1, -0.05) is 36.9 Å². The smallest absolute Gasteiger partial charge is 0.305 e. The van der Waals surface area contributed by atoms with Gasteiger partial charge in [-0.3, -0.25) is 9.69 Å². The summed E-state index contributed by atoms with van der Waals surface area (Å²) in [5.41, 5.74) is 0.188. The summed E-state index contributed by atoms with van der Waals surface area (Å²) < 4.78 is 13.9. The molecule has 116 valence electrons. The molecular formula is C16H21ClFNO2. The second-order valence-corrected chi connectivity index (χ2v) is 6.38. The molecule has 21 heavy (non-hydrogen) atoms. The molecule has 0 saturated heterocycles. The lowest BCUT2D eigenvalue weighted by molar-refractivity contribution is -0.141. The normalized spacial score (nSPS) is 17.9. The van der Waals surface area contributed by atoms with E-state index in [1.807, 2.05) is 11.9 Å². The van der Waals surface area contributed by atoms with Gasteiger partial charge in [-0.15, -0.1) is 0 Å². The van der Waals surface area contributed by atoms with E-state index < -0.39 is 5.97 Å². The predicted molar refractivity (Wildman–Crippen MR) is 80.9 cm³/mol. The molecule has 0 aliphatic heterocycles. The van der Waals surface area contributed by atoms with Crippen LogP contribution in [-0.2, 0) is 11.3 Å². The first-order valence-electron chi connectivity index (χ1n) is 7.30. The Labute approximate surface area is 129 Å². The summed E-state index contributed by atoms with van der Waals surface area (Å²) in [6.45, 7) is 0.399. The number of benzene rings is 1. The maximum absolute atomic E-state index is 13.9. The van der Waals surface area contributed by atoms with Crippen molar-refractivity contribution in [2.24, 2.45) is 0 Å². The summed E-state index contributed by atoms with van der Waals surface area (Å²) in [6.07, 6.45) is 5.01. The van der Waals surface area contributed by atoms with E-state index in [1.54, 1.807) is 12.1 Å². The molecule has 1 N–H and O–H groups in total. The van der Waals surface area contributed by atoms with Crippen LogP contribution in [0.4, 0.5) is 4.39 Å². The van der Waals surface area contributed by atoms with Gasteiger partial charge in [-0.2, -0.15) is 0 Å². The van der Waals surface area contributed by atoms with Gasteiger partial charge in [0, 0.05) is 22.7 Å².